The first kappa shape index (κ1) is 18.1. The van der Waals surface area contributed by atoms with Gasteiger partial charge in [0.25, 0.3) is 0 Å². The normalized spacial score (nSPS) is 11.9. The third kappa shape index (κ3) is 5.41. The van der Waals surface area contributed by atoms with Gasteiger partial charge >= 0.3 is 6.16 Å². The van der Waals surface area contributed by atoms with Gasteiger partial charge in [-0.2, -0.15) is 0 Å². The first-order chi connectivity index (χ1) is 11.6. The lowest BCUT2D eigenvalue weighted by Gasteiger charge is -2.19. The molecule has 1 atom stereocenters. The SMILES string of the molecule is Cc1cccc(C(CCCCCc2ccccc2)OC(=O)O)c1C. The van der Waals surface area contributed by atoms with Crippen LogP contribution in [0.25, 0.3) is 0 Å². The molecule has 0 bridgehead atoms. The summed E-state index contributed by atoms with van der Waals surface area (Å²) in [7, 11) is 0. The van der Waals surface area contributed by atoms with Gasteiger partial charge in [0.1, 0.15) is 6.10 Å². The monoisotopic (exact) mass is 326 g/mol. The molecule has 0 aliphatic heterocycles. The molecule has 0 amide bonds. The van der Waals surface area contributed by atoms with E-state index in [9.17, 15) is 4.79 Å². The van der Waals surface area contributed by atoms with Crippen molar-refractivity contribution in [1.82, 2.24) is 0 Å². The van der Waals surface area contributed by atoms with E-state index < -0.39 is 6.16 Å². The molecule has 0 saturated heterocycles. The zero-order valence-corrected chi connectivity index (χ0v) is 14.5. The van der Waals surface area contributed by atoms with Gasteiger partial charge in [-0.15, -0.1) is 0 Å². The highest BCUT2D eigenvalue weighted by Gasteiger charge is 2.18. The Balaban J connectivity index is 1.87. The molecular formula is C21H26O3. The number of unbranched alkanes of at least 4 members (excludes halogenated alkanes) is 2. The number of hydrogen-bond acceptors (Lipinski definition) is 2. The van der Waals surface area contributed by atoms with Crippen LogP contribution in [0.15, 0.2) is 48.5 Å². The summed E-state index contributed by atoms with van der Waals surface area (Å²) in [6, 6.07) is 16.4. The summed E-state index contributed by atoms with van der Waals surface area (Å²) >= 11 is 0. The highest BCUT2D eigenvalue weighted by molar-refractivity contribution is 5.57. The standard InChI is InChI=1S/C21H26O3/c1-16-10-9-14-19(17(16)2)20(24-21(22)23)15-8-4-7-13-18-11-5-3-6-12-18/h3,5-6,9-12,14,20H,4,7-8,13,15H2,1-2H3,(H,22,23). The second kappa shape index (κ2) is 9.11. The Hall–Kier alpha value is -2.29. The van der Waals surface area contributed by atoms with Crippen LogP contribution in [0.2, 0.25) is 0 Å². The van der Waals surface area contributed by atoms with Gasteiger partial charge in [-0.05, 0) is 61.8 Å². The molecule has 0 aromatic heterocycles. The number of carbonyl (C=O) groups is 1. The number of hydrogen-bond donors (Lipinski definition) is 1. The molecule has 0 aliphatic carbocycles. The quantitative estimate of drug-likeness (QED) is 0.489. The van der Waals surface area contributed by atoms with Gasteiger partial charge in [0.2, 0.25) is 0 Å². The highest BCUT2D eigenvalue weighted by atomic mass is 16.7. The summed E-state index contributed by atoms with van der Waals surface area (Å²) in [5, 5.41) is 9.03. The van der Waals surface area contributed by atoms with E-state index in [0.29, 0.717) is 0 Å². The lowest BCUT2D eigenvalue weighted by atomic mass is 9.95. The predicted molar refractivity (Wildman–Crippen MR) is 96.4 cm³/mol. The Morgan fingerprint density at radius 1 is 1.00 bits per heavy atom. The van der Waals surface area contributed by atoms with Gasteiger partial charge in [-0.25, -0.2) is 4.79 Å². The summed E-state index contributed by atoms with van der Waals surface area (Å²) in [5.74, 6) is 0. The smallest absolute Gasteiger partial charge is 0.450 e. The third-order valence-electron chi connectivity index (χ3n) is 4.51. The molecule has 0 radical (unpaired) electrons. The van der Waals surface area contributed by atoms with Crippen LogP contribution < -0.4 is 0 Å². The van der Waals surface area contributed by atoms with Crippen LogP contribution >= 0.6 is 0 Å². The fourth-order valence-corrected chi connectivity index (χ4v) is 3.00. The lowest BCUT2D eigenvalue weighted by Crippen LogP contribution is -2.11. The molecular weight excluding hydrogens is 300 g/mol. The summed E-state index contributed by atoms with van der Waals surface area (Å²) in [5.41, 5.74) is 4.62. The van der Waals surface area contributed by atoms with Crippen LogP contribution in [-0.2, 0) is 11.2 Å². The van der Waals surface area contributed by atoms with Crippen LogP contribution in [0, 0.1) is 13.8 Å². The Morgan fingerprint density at radius 3 is 2.46 bits per heavy atom. The molecule has 0 fully saturated rings. The van der Waals surface area contributed by atoms with Gasteiger partial charge < -0.3 is 9.84 Å². The van der Waals surface area contributed by atoms with Crippen LogP contribution in [-0.4, -0.2) is 11.3 Å². The van der Waals surface area contributed by atoms with E-state index in [-0.39, 0.29) is 6.10 Å². The van der Waals surface area contributed by atoms with E-state index in [0.717, 1.165) is 48.8 Å². The van der Waals surface area contributed by atoms with E-state index in [2.05, 4.69) is 24.3 Å². The maximum Gasteiger partial charge on any atom is 0.506 e. The maximum atomic E-state index is 11.0. The van der Waals surface area contributed by atoms with Crippen LogP contribution in [0.1, 0.15) is 54.0 Å². The lowest BCUT2D eigenvalue weighted by molar-refractivity contribution is 0.0461. The minimum Gasteiger partial charge on any atom is -0.450 e. The average molecular weight is 326 g/mol. The summed E-state index contributed by atoms with van der Waals surface area (Å²) in [4.78, 5) is 11.0. The van der Waals surface area contributed by atoms with E-state index in [1.807, 2.05) is 38.1 Å². The zero-order chi connectivity index (χ0) is 17.4. The first-order valence-electron chi connectivity index (χ1n) is 8.57. The maximum absolute atomic E-state index is 11.0. The van der Waals surface area contributed by atoms with Crippen molar-refractivity contribution in [2.75, 3.05) is 0 Å². The number of carboxylic acid groups (broad SMARTS) is 1. The molecule has 2 aromatic carbocycles. The average Bonchev–Trinajstić information content (AvgIpc) is 2.57. The zero-order valence-electron chi connectivity index (χ0n) is 14.5. The number of ether oxygens (including phenoxy) is 1. The number of rotatable bonds is 8. The van der Waals surface area contributed by atoms with E-state index in [4.69, 9.17) is 9.84 Å². The Labute approximate surface area is 144 Å². The molecule has 2 aromatic rings. The Kier molecular flexibility index (Phi) is 6.86. The summed E-state index contributed by atoms with van der Waals surface area (Å²) < 4.78 is 5.15. The highest BCUT2D eigenvalue weighted by Crippen LogP contribution is 2.28. The molecule has 2 rings (SSSR count). The van der Waals surface area contributed by atoms with Crippen molar-refractivity contribution < 1.29 is 14.6 Å². The molecule has 0 aliphatic rings. The van der Waals surface area contributed by atoms with E-state index in [1.165, 1.54) is 5.56 Å². The minimum atomic E-state index is -1.20. The fraction of sp³-hybridized carbons (Fsp3) is 0.381. The van der Waals surface area contributed by atoms with Gasteiger partial charge in [-0.1, -0.05) is 55.0 Å². The van der Waals surface area contributed by atoms with Crippen LogP contribution in [0.5, 0.6) is 0 Å². The van der Waals surface area contributed by atoms with E-state index in [1.54, 1.807) is 0 Å². The van der Waals surface area contributed by atoms with Crippen molar-refractivity contribution in [2.45, 2.75) is 52.1 Å². The molecule has 3 heteroatoms. The minimum absolute atomic E-state index is 0.376. The second-order valence-electron chi connectivity index (χ2n) is 6.25. The van der Waals surface area contributed by atoms with Gasteiger partial charge in [0.05, 0.1) is 0 Å². The Bertz CT molecular complexity index is 649. The fourth-order valence-electron chi connectivity index (χ4n) is 3.00. The van der Waals surface area contributed by atoms with Crippen molar-refractivity contribution in [3.05, 3.63) is 70.8 Å². The molecule has 0 heterocycles. The number of aryl methyl sites for hydroxylation is 2. The van der Waals surface area contributed by atoms with Crippen molar-refractivity contribution >= 4 is 6.16 Å². The molecule has 0 saturated carbocycles. The molecule has 1 unspecified atom stereocenters. The first-order valence-corrected chi connectivity index (χ1v) is 8.57. The van der Waals surface area contributed by atoms with Crippen molar-refractivity contribution in [2.24, 2.45) is 0 Å². The largest absolute Gasteiger partial charge is 0.506 e. The number of benzene rings is 2. The third-order valence-corrected chi connectivity index (χ3v) is 4.51. The molecule has 128 valence electrons. The summed E-state index contributed by atoms with van der Waals surface area (Å²) in [6.07, 6.45) is 3.35. The van der Waals surface area contributed by atoms with E-state index >= 15 is 0 Å². The van der Waals surface area contributed by atoms with Gasteiger partial charge in [-0.3, -0.25) is 0 Å². The second-order valence-corrected chi connectivity index (χ2v) is 6.25. The van der Waals surface area contributed by atoms with Crippen molar-refractivity contribution in [1.29, 1.82) is 0 Å². The van der Waals surface area contributed by atoms with Crippen molar-refractivity contribution in [3.63, 3.8) is 0 Å². The van der Waals surface area contributed by atoms with Gasteiger partial charge in [0.15, 0.2) is 0 Å². The summed E-state index contributed by atoms with van der Waals surface area (Å²) in [6.45, 7) is 4.06. The van der Waals surface area contributed by atoms with Gasteiger partial charge in [0, 0.05) is 0 Å². The molecule has 1 N–H and O–H groups in total. The molecule has 3 nitrogen and oxygen atoms in total. The topological polar surface area (TPSA) is 46.5 Å². The molecule has 0 spiro atoms. The Morgan fingerprint density at radius 2 is 1.75 bits per heavy atom. The molecule has 24 heavy (non-hydrogen) atoms. The van der Waals surface area contributed by atoms with Crippen LogP contribution in [0.4, 0.5) is 4.79 Å². The van der Waals surface area contributed by atoms with Crippen LogP contribution in [0.3, 0.4) is 0 Å². The predicted octanol–water partition coefficient (Wildman–Crippen LogP) is 5.84. The van der Waals surface area contributed by atoms with Crippen molar-refractivity contribution in [3.8, 4) is 0 Å².